The van der Waals surface area contributed by atoms with Gasteiger partial charge in [-0.3, -0.25) is 0 Å². The lowest BCUT2D eigenvalue weighted by Crippen LogP contribution is -2.35. The summed E-state index contributed by atoms with van der Waals surface area (Å²) in [6, 6.07) is 11.1. The molecule has 0 fully saturated rings. The zero-order valence-electron chi connectivity index (χ0n) is 11.7. The molecule has 18 heavy (non-hydrogen) atoms. The van der Waals surface area contributed by atoms with E-state index in [1.165, 1.54) is 18.4 Å². The molecule has 0 heterocycles. The summed E-state index contributed by atoms with van der Waals surface area (Å²) >= 11 is 0. The van der Waals surface area contributed by atoms with Crippen LogP contribution in [0.1, 0.15) is 38.7 Å². The van der Waals surface area contributed by atoms with Gasteiger partial charge in [0, 0.05) is 12.6 Å². The van der Waals surface area contributed by atoms with E-state index in [1.54, 1.807) is 0 Å². The predicted octanol–water partition coefficient (Wildman–Crippen LogP) is 3.01. The van der Waals surface area contributed by atoms with Gasteiger partial charge in [0.15, 0.2) is 0 Å². The fraction of sp³-hybridized carbons (Fsp3) is 0.625. The first-order valence-corrected chi connectivity index (χ1v) is 7.12. The van der Waals surface area contributed by atoms with E-state index in [1.807, 2.05) is 0 Å². The summed E-state index contributed by atoms with van der Waals surface area (Å²) in [6.45, 7) is 5.74. The summed E-state index contributed by atoms with van der Waals surface area (Å²) in [5.41, 5.74) is 1.42. The van der Waals surface area contributed by atoms with Crippen molar-refractivity contribution < 1.29 is 5.11 Å². The van der Waals surface area contributed by atoms with E-state index in [-0.39, 0.29) is 6.61 Å². The van der Waals surface area contributed by atoms with Gasteiger partial charge in [0.25, 0.3) is 0 Å². The van der Waals surface area contributed by atoms with Crippen molar-refractivity contribution >= 4 is 0 Å². The summed E-state index contributed by atoms with van der Waals surface area (Å²) in [5, 5.41) is 12.5. The predicted molar refractivity (Wildman–Crippen MR) is 77.7 cm³/mol. The summed E-state index contributed by atoms with van der Waals surface area (Å²) < 4.78 is 0. The molecule has 1 atom stereocenters. The Labute approximate surface area is 111 Å². The van der Waals surface area contributed by atoms with Crippen molar-refractivity contribution in [2.24, 2.45) is 5.92 Å². The number of unbranched alkanes of at least 4 members (excludes halogenated alkanes) is 1. The molecule has 0 saturated carbocycles. The minimum absolute atomic E-state index is 0.278. The molecule has 0 aliphatic rings. The SMILES string of the molecule is CC(C)C(CCO)NCCCCc1ccccc1. The van der Waals surface area contributed by atoms with Gasteiger partial charge in [-0.2, -0.15) is 0 Å². The topological polar surface area (TPSA) is 32.3 Å². The summed E-state index contributed by atoms with van der Waals surface area (Å²) in [7, 11) is 0. The molecule has 2 nitrogen and oxygen atoms in total. The van der Waals surface area contributed by atoms with E-state index in [4.69, 9.17) is 5.11 Å². The second-order valence-corrected chi connectivity index (χ2v) is 5.26. The van der Waals surface area contributed by atoms with Crippen molar-refractivity contribution in [3.8, 4) is 0 Å². The number of hydrogen-bond acceptors (Lipinski definition) is 2. The molecule has 102 valence electrons. The Hall–Kier alpha value is -0.860. The zero-order valence-corrected chi connectivity index (χ0v) is 11.7. The number of rotatable bonds is 9. The average Bonchev–Trinajstić information content (AvgIpc) is 2.38. The van der Waals surface area contributed by atoms with Crippen LogP contribution in [0.2, 0.25) is 0 Å². The van der Waals surface area contributed by atoms with E-state index in [9.17, 15) is 0 Å². The summed E-state index contributed by atoms with van der Waals surface area (Å²) in [6.07, 6.45) is 4.44. The number of nitrogens with one attached hydrogen (secondary N) is 1. The third kappa shape index (κ3) is 6.18. The first kappa shape index (κ1) is 15.2. The van der Waals surface area contributed by atoms with Crippen molar-refractivity contribution in [3.05, 3.63) is 35.9 Å². The van der Waals surface area contributed by atoms with E-state index in [0.29, 0.717) is 12.0 Å². The summed E-state index contributed by atoms with van der Waals surface area (Å²) in [5.74, 6) is 0.589. The lowest BCUT2D eigenvalue weighted by atomic mass is 10.0. The molecule has 1 rings (SSSR count). The number of hydrogen-bond donors (Lipinski definition) is 2. The van der Waals surface area contributed by atoms with Crippen LogP contribution < -0.4 is 5.32 Å². The number of aliphatic hydroxyl groups is 1. The molecule has 0 amide bonds. The lowest BCUT2D eigenvalue weighted by Gasteiger charge is -2.21. The molecule has 0 aliphatic heterocycles. The molecule has 0 saturated heterocycles. The van der Waals surface area contributed by atoms with E-state index in [2.05, 4.69) is 49.5 Å². The Morgan fingerprint density at radius 2 is 1.83 bits per heavy atom. The monoisotopic (exact) mass is 249 g/mol. The second-order valence-electron chi connectivity index (χ2n) is 5.26. The van der Waals surface area contributed by atoms with Gasteiger partial charge in [0.1, 0.15) is 0 Å². The van der Waals surface area contributed by atoms with Crippen LogP contribution in [0.25, 0.3) is 0 Å². The molecule has 2 N–H and O–H groups in total. The summed E-state index contributed by atoms with van der Waals surface area (Å²) in [4.78, 5) is 0. The third-order valence-electron chi connectivity index (χ3n) is 3.39. The zero-order chi connectivity index (χ0) is 13.2. The van der Waals surface area contributed by atoms with Gasteiger partial charge < -0.3 is 10.4 Å². The molecule has 0 aromatic heterocycles. The highest BCUT2D eigenvalue weighted by molar-refractivity contribution is 5.14. The fourth-order valence-electron chi connectivity index (χ4n) is 2.20. The Bertz CT molecular complexity index is 297. The molecular formula is C16H27NO. The number of aliphatic hydroxyl groups excluding tert-OH is 1. The fourth-order valence-corrected chi connectivity index (χ4v) is 2.20. The van der Waals surface area contributed by atoms with Gasteiger partial charge in [0.2, 0.25) is 0 Å². The molecule has 1 aromatic carbocycles. The van der Waals surface area contributed by atoms with Crippen molar-refractivity contribution in [1.82, 2.24) is 5.32 Å². The molecule has 1 unspecified atom stereocenters. The maximum absolute atomic E-state index is 9.00. The van der Waals surface area contributed by atoms with Crippen molar-refractivity contribution in [2.75, 3.05) is 13.2 Å². The van der Waals surface area contributed by atoms with Gasteiger partial charge in [-0.15, -0.1) is 0 Å². The van der Waals surface area contributed by atoms with Crippen LogP contribution >= 0.6 is 0 Å². The minimum Gasteiger partial charge on any atom is -0.396 e. The van der Waals surface area contributed by atoms with E-state index < -0.39 is 0 Å². The highest BCUT2D eigenvalue weighted by atomic mass is 16.3. The van der Waals surface area contributed by atoms with E-state index in [0.717, 1.165) is 19.4 Å². The smallest absolute Gasteiger partial charge is 0.0445 e. The molecule has 0 spiro atoms. The lowest BCUT2D eigenvalue weighted by molar-refractivity contribution is 0.244. The minimum atomic E-state index is 0.278. The van der Waals surface area contributed by atoms with Gasteiger partial charge in [0.05, 0.1) is 0 Å². The van der Waals surface area contributed by atoms with Crippen LogP contribution in [0.4, 0.5) is 0 Å². The van der Waals surface area contributed by atoms with Gasteiger partial charge in [-0.1, -0.05) is 44.2 Å². The molecule has 0 aliphatic carbocycles. The van der Waals surface area contributed by atoms with Crippen molar-refractivity contribution in [2.45, 2.75) is 45.6 Å². The largest absolute Gasteiger partial charge is 0.396 e. The third-order valence-corrected chi connectivity index (χ3v) is 3.39. The Morgan fingerprint density at radius 1 is 1.11 bits per heavy atom. The van der Waals surface area contributed by atoms with Crippen LogP contribution in [-0.2, 0) is 6.42 Å². The number of benzene rings is 1. The van der Waals surface area contributed by atoms with Gasteiger partial charge >= 0.3 is 0 Å². The Morgan fingerprint density at radius 3 is 2.44 bits per heavy atom. The average molecular weight is 249 g/mol. The first-order valence-electron chi connectivity index (χ1n) is 7.12. The van der Waals surface area contributed by atoms with Crippen molar-refractivity contribution in [1.29, 1.82) is 0 Å². The highest BCUT2D eigenvalue weighted by Crippen LogP contribution is 2.07. The molecule has 2 heteroatoms. The van der Waals surface area contributed by atoms with Crippen LogP contribution in [0.5, 0.6) is 0 Å². The van der Waals surface area contributed by atoms with Gasteiger partial charge in [-0.05, 0) is 43.7 Å². The Balaban J connectivity index is 2.10. The van der Waals surface area contributed by atoms with Crippen LogP contribution in [0.3, 0.4) is 0 Å². The normalized spacial score (nSPS) is 12.9. The van der Waals surface area contributed by atoms with Crippen molar-refractivity contribution in [3.63, 3.8) is 0 Å². The molecule has 0 radical (unpaired) electrons. The van der Waals surface area contributed by atoms with Crippen LogP contribution in [0.15, 0.2) is 30.3 Å². The molecular weight excluding hydrogens is 222 g/mol. The quantitative estimate of drug-likeness (QED) is 0.659. The maximum Gasteiger partial charge on any atom is 0.0445 e. The first-order chi connectivity index (χ1) is 8.74. The maximum atomic E-state index is 9.00. The number of aryl methyl sites for hydroxylation is 1. The second kappa shape index (κ2) is 9.12. The molecule has 0 bridgehead atoms. The Kier molecular flexibility index (Phi) is 7.70. The van der Waals surface area contributed by atoms with Gasteiger partial charge in [-0.25, -0.2) is 0 Å². The highest BCUT2D eigenvalue weighted by Gasteiger charge is 2.10. The standard InChI is InChI=1S/C16H27NO/c1-14(2)16(11-13-18)17-12-7-6-10-15-8-4-3-5-9-15/h3-5,8-9,14,16-18H,6-7,10-13H2,1-2H3. The van der Waals surface area contributed by atoms with Crippen LogP contribution in [-0.4, -0.2) is 24.3 Å². The molecule has 1 aromatic rings. The van der Waals surface area contributed by atoms with Crippen LogP contribution in [0, 0.1) is 5.92 Å². The van der Waals surface area contributed by atoms with E-state index >= 15 is 0 Å².